The molecule has 1 aromatic rings. The van der Waals surface area contributed by atoms with E-state index in [1.807, 2.05) is 0 Å². The van der Waals surface area contributed by atoms with Crippen molar-refractivity contribution >= 4 is 22.6 Å². The second-order valence-corrected chi connectivity index (χ2v) is 8.00. The molecule has 0 bridgehead atoms. The van der Waals surface area contributed by atoms with Crippen LogP contribution in [-0.2, 0) is 6.42 Å². The number of hydrogen-bond acceptors (Lipinski definition) is 3. The molecule has 0 spiro atoms. The van der Waals surface area contributed by atoms with Crippen LogP contribution in [0.4, 0.5) is 0 Å². The van der Waals surface area contributed by atoms with Gasteiger partial charge in [0.25, 0.3) is 0 Å². The minimum absolute atomic E-state index is 0.0554. The van der Waals surface area contributed by atoms with Gasteiger partial charge in [-0.2, -0.15) is 0 Å². The van der Waals surface area contributed by atoms with Crippen molar-refractivity contribution in [1.82, 2.24) is 0 Å². The van der Waals surface area contributed by atoms with Gasteiger partial charge in [0.1, 0.15) is 0 Å². The minimum atomic E-state index is -0.0554. The van der Waals surface area contributed by atoms with Crippen LogP contribution in [0, 0.1) is 11.8 Å². The van der Waals surface area contributed by atoms with Crippen LogP contribution in [0.1, 0.15) is 49.1 Å². The summed E-state index contributed by atoms with van der Waals surface area (Å²) in [5.74, 6) is 3.51. The smallest absolute Gasteiger partial charge is 0.161 e. The van der Waals surface area contributed by atoms with E-state index in [-0.39, 0.29) is 6.10 Å². The number of alkyl halides is 1. The number of methoxy groups -OCH3 is 2. The zero-order chi connectivity index (χ0) is 16.4. The Morgan fingerprint density at radius 2 is 1.83 bits per heavy atom. The second kappa shape index (κ2) is 7.60. The molecule has 0 radical (unpaired) electrons. The van der Waals surface area contributed by atoms with Crippen LogP contribution in [0.25, 0.3) is 0 Å². The van der Waals surface area contributed by atoms with Gasteiger partial charge in [-0.1, -0.05) is 22.6 Å². The highest BCUT2D eigenvalue weighted by Crippen LogP contribution is 2.49. The molecule has 128 valence electrons. The Hall–Kier alpha value is -0.490. The molecular formula is C19H27IO3. The van der Waals surface area contributed by atoms with Gasteiger partial charge in [-0.05, 0) is 79.5 Å². The number of benzene rings is 1. The van der Waals surface area contributed by atoms with Crippen LogP contribution in [0.2, 0.25) is 0 Å². The molecule has 3 unspecified atom stereocenters. The predicted molar refractivity (Wildman–Crippen MR) is 101 cm³/mol. The van der Waals surface area contributed by atoms with Gasteiger partial charge in [-0.25, -0.2) is 0 Å². The summed E-state index contributed by atoms with van der Waals surface area (Å²) in [5, 5.41) is 10.1. The molecule has 2 fully saturated rings. The molecule has 4 atom stereocenters. The topological polar surface area (TPSA) is 38.7 Å². The first-order valence-corrected chi connectivity index (χ1v) is 10.2. The number of rotatable bonds is 5. The van der Waals surface area contributed by atoms with E-state index in [1.54, 1.807) is 14.2 Å². The van der Waals surface area contributed by atoms with Crippen molar-refractivity contribution in [3.05, 3.63) is 23.3 Å². The maximum absolute atomic E-state index is 10.1. The summed E-state index contributed by atoms with van der Waals surface area (Å²) in [4.78, 5) is 0. The maximum Gasteiger partial charge on any atom is 0.161 e. The number of ether oxygens (including phenoxy) is 2. The molecule has 0 aromatic heterocycles. The molecule has 2 saturated carbocycles. The number of aliphatic hydroxyl groups excluding tert-OH is 1. The highest BCUT2D eigenvalue weighted by atomic mass is 127. The molecule has 0 heterocycles. The molecule has 2 aliphatic rings. The molecule has 4 heteroatoms. The third-order valence-electron chi connectivity index (χ3n) is 5.82. The minimum Gasteiger partial charge on any atom is -0.493 e. The fourth-order valence-corrected chi connectivity index (χ4v) is 5.22. The Balaban J connectivity index is 1.88. The van der Waals surface area contributed by atoms with Gasteiger partial charge in [0.05, 0.1) is 20.3 Å². The first-order chi connectivity index (χ1) is 11.2. The first-order valence-electron chi connectivity index (χ1n) is 8.66. The van der Waals surface area contributed by atoms with E-state index in [9.17, 15) is 5.11 Å². The van der Waals surface area contributed by atoms with E-state index in [2.05, 4.69) is 34.7 Å². The van der Waals surface area contributed by atoms with Crippen molar-refractivity contribution in [3.8, 4) is 11.5 Å². The quantitative estimate of drug-likeness (QED) is 0.558. The number of fused-ring (bicyclic) bond motifs is 1. The summed E-state index contributed by atoms with van der Waals surface area (Å²) in [6, 6.07) is 4.37. The fourth-order valence-electron chi connectivity index (χ4n) is 4.64. The van der Waals surface area contributed by atoms with Gasteiger partial charge in [0.15, 0.2) is 11.5 Å². The van der Waals surface area contributed by atoms with Gasteiger partial charge in [-0.3, -0.25) is 0 Å². The summed E-state index contributed by atoms with van der Waals surface area (Å²) >= 11 is 2.44. The lowest BCUT2D eigenvalue weighted by atomic mass is 9.72. The molecule has 0 saturated heterocycles. The molecule has 0 aliphatic heterocycles. The van der Waals surface area contributed by atoms with Crippen LogP contribution in [0.15, 0.2) is 12.1 Å². The van der Waals surface area contributed by atoms with Crippen LogP contribution in [0.3, 0.4) is 0 Å². The van der Waals surface area contributed by atoms with Crippen molar-refractivity contribution in [3.63, 3.8) is 0 Å². The largest absolute Gasteiger partial charge is 0.493 e. The van der Waals surface area contributed by atoms with Crippen molar-refractivity contribution in [2.75, 3.05) is 18.6 Å². The number of aliphatic hydroxyl groups is 1. The summed E-state index contributed by atoms with van der Waals surface area (Å²) in [6.45, 7) is 0. The van der Waals surface area contributed by atoms with Crippen LogP contribution in [-0.4, -0.2) is 29.9 Å². The summed E-state index contributed by atoms with van der Waals surface area (Å²) in [7, 11) is 3.42. The van der Waals surface area contributed by atoms with Gasteiger partial charge in [-0.15, -0.1) is 0 Å². The van der Waals surface area contributed by atoms with Crippen LogP contribution < -0.4 is 9.47 Å². The average Bonchev–Trinajstić information content (AvgIpc) is 2.95. The molecule has 3 rings (SSSR count). The van der Waals surface area contributed by atoms with E-state index < -0.39 is 0 Å². The lowest BCUT2D eigenvalue weighted by Crippen LogP contribution is -2.26. The fraction of sp³-hybridized carbons (Fsp3) is 0.684. The third-order valence-corrected chi connectivity index (χ3v) is 6.36. The third kappa shape index (κ3) is 3.48. The monoisotopic (exact) mass is 430 g/mol. The van der Waals surface area contributed by atoms with Crippen LogP contribution >= 0.6 is 22.6 Å². The first kappa shape index (κ1) is 17.3. The zero-order valence-electron chi connectivity index (χ0n) is 14.1. The summed E-state index contributed by atoms with van der Waals surface area (Å²) in [5.41, 5.74) is 2.85. The Kier molecular flexibility index (Phi) is 5.73. The molecule has 23 heavy (non-hydrogen) atoms. The van der Waals surface area contributed by atoms with Crippen molar-refractivity contribution in [1.29, 1.82) is 0 Å². The molecule has 3 nitrogen and oxygen atoms in total. The zero-order valence-corrected chi connectivity index (χ0v) is 16.2. The van der Waals surface area contributed by atoms with E-state index in [0.717, 1.165) is 35.2 Å². The van der Waals surface area contributed by atoms with E-state index in [1.165, 1.54) is 30.4 Å². The van der Waals surface area contributed by atoms with Gasteiger partial charge in [0, 0.05) is 4.43 Å². The molecule has 0 amide bonds. The van der Waals surface area contributed by atoms with Crippen molar-refractivity contribution in [2.24, 2.45) is 11.8 Å². The van der Waals surface area contributed by atoms with E-state index in [4.69, 9.17) is 9.47 Å². The highest BCUT2D eigenvalue weighted by molar-refractivity contribution is 14.1. The molecule has 2 aliphatic carbocycles. The lowest BCUT2D eigenvalue weighted by molar-refractivity contribution is 0.0910. The van der Waals surface area contributed by atoms with Gasteiger partial charge >= 0.3 is 0 Å². The van der Waals surface area contributed by atoms with Crippen molar-refractivity contribution < 1.29 is 14.6 Å². The van der Waals surface area contributed by atoms with E-state index >= 15 is 0 Å². The van der Waals surface area contributed by atoms with Gasteiger partial charge < -0.3 is 14.6 Å². The Morgan fingerprint density at radius 1 is 1.09 bits per heavy atom. The number of halogens is 1. The second-order valence-electron chi connectivity index (χ2n) is 6.92. The summed E-state index contributed by atoms with van der Waals surface area (Å²) < 4.78 is 12.1. The SMILES string of the molecule is COc1cc(CCI)c(C2CCC3C(CC[C@@H]3O)C2)cc1OC. The number of aryl methyl sites for hydroxylation is 1. The lowest BCUT2D eigenvalue weighted by Gasteiger charge is -2.34. The average molecular weight is 430 g/mol. The van der Waals surface area contributed by atoms with Crippen LogP contribution in [0.5, 0.6) is 11.5 Å². The molecule has 1 aromatic carbocycles. The number of hydrogen-bond donors (Lipinski definition) is 1. The van der Waals surface area contributed by atoms with Gasteiger partial charge in [0.2, 0.25) is 0 Å². The Labute approximate surface area is 152 Å². The van der Waals surface area contributed by atoms with E-state index in [0.29, 0.717) is 17.8 Å². The standard InChI is InChI=1S/C19H27IO3/c1-22-18-10-14(7-8-20)16(11-19(18)23-2)13-3-5-15-12(9-13)4-6-17(15)21/h10-13,15,17,21H,3-9H2,1-2H3/t12?,13?,15?,17-/m0/s1. The van der Waals surface area contributed by atoms with Crippen molar-refractivity contribution in [2.45, 2.75) is 50.5 Å². The highest BCUT2D eigenvalue weighted by Gasteiger charge is 2.40. The predicted octanol–water partition coefficient (Wildman–Crippen LogP) is 4.34. The molecule has 1 N–H and O–H groups in total. The Bertz CT molecular complexity index is 546. The maximum atomic E-state index is 10.1. The normalized spacial score (nSPS) is 30.1. The molecular weight excluding hydrogens is 403 g/mol. The summed E-state index contributed by atoms with van der Waals surface area (Å²) in [6.07, 6.45) is 6.76. The Morgan fingerprint density at radius 3 is 2.52 bits per heavy atom.